The van der Waals surface area contributed by atoms with Crippen LogP contribution in [0.3, 0.4) is 0 Å². The molecule has 88 valence electrons. The number of nitrogens with zero attached hydrogens (tertiary/aromatic N) is 3. The van der Waals surface area contributed by atoms with Crippen molar-refractivity contribution in [2.45, 2.75) is 25.4 Å². The summed E-state index contributed by atoms with van der Waals surface area (Å²) in [6.07, 6.45) is 3.96. The van der Waals surface area contributed by atoms with Gasteiger partial charge in [-0.15, -0.1) is 0 Å². The molecule has 2 heterocycles. The highest BCUT2D eigenvalue weighted by Gasteiger charge is 2.23. The molecule has 0 saturated carbocycles. The number of likely N-dealkylation sites (tertiary alicyclic amines) is 1. The second kappa shape index (κ2) is 5.23. The van der Waals surface area contributed by atoms with Gasteiger partial charge in [-0.1, -0.05) is 0 Å². The van der Waals surface area contributed by atoms with E-state index in [2.05, 4.69) is 14.9 Å². The van der Waals surface area contributed by atoms with Gasteiger partial charge in [-0.3, -0.25) is 4.90 Å². The molecule has 1 aromatic rings. The molecule has 5 nitrogen and oxygen atoms in total. The molecule has 2 N–H and O–H groups in total. The van der Waals surface area contributed by atoms with E-state index in [1.165, 1.54) is 12.8 Å². The average molecular weight is 222 g/mol. The van der Waals surface area contributed by atoms with Gasteiger partial charge in [0.25, 0.3) is 0 Å². The molecule has 1 saturated heterocycles. The van der Waals surface area contributed by atoms with Crippen molar-refractivity contribution >= 4 is 0 Å². The van der Waals surface area contributed by atoms with Crippen LogP contribution in [0, 0.1) is 0 Å². The Morgan fingerprint density at radius 1 is 1.56 bits per heavy atom. The molecule has 1 aliphatic rings. The van der Waals surface area contributed by atoms with Crippen LogP contribution in [0.25, 0.3) is 0 Å². The van der Waals surface area contributed by atoms with Gasteiger partial charge in [0.05, 0.1) is 12.8 Å². The molecule has 1 unspecified atom stereocenters. The van der Waals surface area contributed by atoms with E-state index in [1.54, 1.807) is 13.4 Å². The summed E-state index contributed by atoms with van der Waals surface area (Å²) in [5.41, 5.74) is 6.73. The second-order valence-corrected chi connectivity index (χ2v) is 4.05. The highest BCUT2D eigenvalue weighted by molar-refractivity contribution is 5.13. The summed E-state index contributed by atoms with van der Waals surface area (Å²) >= 11 is 0. The third kappa shape index (κ3) is 2.48. The molecule has 16 heavy (non-hydrogen) atoms. The van der Waals surface area contributed by atoms with Gasteiger partial charge in [0, 0.05) is 25.2 Å². The Morgan fingerprint density at radius 2 is 2.44 bits per heavy atom. The Labute approximate surface area is 95.6 Å². The van der Waals surface area contributed by atoms with Gasteiger partial charge < -0.3 is 10.5 Å². The zero-order valence-corrected chi connectivity index (χ0v) is 9.59. The van der Waals surface area contributed by atoms with Crippen LogP contribution in [-0.4, -0.2) is 41.1 Å². The SMILES string of the molecule is COc1cc(CN2CCCC2CN)ncn1. The Hall–Kier alpha value is -1.20. The van der Waals surface area contributed by atoms with Crippen LogP contribution in [0.2, 0.25) is 0 Å². The highest BCUT2D eigenvalue weighted by atomic mass is 16.5. The van der Waals surface area contributed by atoms with Gasteiger partial charge in [-0.2, -0.15) is 0 Å². The molecule has 0 spiro atoms. The van der Waals surface area contributed by atoms with Gasteiger partial charge >= 0.3 is 0 Å². The highest BCUT2D eigenvalue weighted by Crippen LogP contribution is 2.19. The number of nitrogens with two attached hydrogens (primary N) is 1. The fourth-order valence-electron chi connectivity index (χ4n) is 2.15. The summed E-state index contributed by atoms with van der Waals surface area (Å²) < 4.78 is 5.08. The van der Waals surface area contributed by atoms with Gasteiger partial charge in [0.15, 0.2) is 0 Å². The maximum absolute atomic E-state index is 5.73. The third-order valence-corrected chi connectivity index (χ3v) is 3.04. The number of methoxy groups -OCH3 is 1. The zero-order valence-electron chi connectivity index (χ0n) is 9.59. The van der Waals surface area contributed by atoms with E-state index in [0.717, 1.165) is 25.3 Å². The van der Waals surface area contributed by atoms with Crippen LogP contribution in [0.4, 0.5) is 0 Å². The molecule has 1 aliphatic heterocycles. The first-order chi connectivity index (χ1) is 7.83. The van der Waals surface area contributed by atoms with E-state index < -0.39 is 0 Å². The Bertz CT molecular complexity index is 345. The molecule has 1 atom stereocenters. The molecular weight excluding hydrogens is 204 g/mol. The predicted molar refractivity (Wildman–Crippen MR) is 61.1 cm³/mol. The Balaban J connectivity index is 2.02. The number of hydrogen-bond acceptors (Lipinski definition) is 5. The monoisotopic (exact) mass is 222 g/mol. The number of ether oxygens (including phenoxy) is 1. The maximum atomic E-state index is 5.73. The summed E-state index contributed by atoms with van der Waals surface area (Å²) in [4.78, 5) is 10.6. The quantitative estimate of drug-likeness (QED) is 0.799. The summed E-state index contributed by atoms with van der Waals surface area (Å²) in [6, 6.07) is 2.38. The number of aromatic nitrogens is 2. The summed E-state index contributed by atoms with van der Waals surface area (Å²) in [5, 5.41) is 0. The van der Waals surface area contributed by atoms with Crippen LogP contribution in [0.5, 0.6) is 5.88 Å². The Morgan fingerprint density at radius 3 is 3.19 bits per heavy atom. The normalized spacial score (nSPS) is 21.2. The van der Waals surface area contributed by atoms with Crippen molar-refractivity contribution in [3.05, 3.63) is 18.1 Å². The first kappa shape index (κ1) is 11.3. The molecule has 0 aromatic carbocycles. The molecule has 5 heteroatoms. The van der Waals surface area contributed by atoms with Crippen molar-refractivity contribution in [2.75, 3.05) is 20.2 Å². The van der Waals surface area contributed by atoms with E-state index >= 15 is 0 Å². The number of hydrogen-bond donors (Lipinski definition) is 1. The molecule has 2 rings (SSSR count). The summed E-state index contributed by atoms with van der Waals surface area (Å²) in [5.74, 6) is 0.619. The van der Waals surface area contributed by atoms with E-state index in [4.69, 9.17) is 10.5 Å². The minimum Gasteiger partial charge on any atom is -0.481 e. The van der Waals surface area contributed by atoms with Crippen molar-refractivity contribution < 1.29 is 4.74 Å². The van der Waals surface area contributed by atoms with E-state index in [9.17, 15) is 0 Å². The average Bonchev–Trinajstić information content (AvgIpc) is 2.76. The lowest BCUT2D eigenvalue weighted by atomic mass is 10.2. The molecule has 1 aromatic heterocycles. The summed E-state index contributed by atoms with van der Waals surface area (Å²) in [7, 11) is 1.62. The minimum atomic E-state index is 0.501. The lowest BCUT2D eigenvalue weighted by molar-refractivity contribution is 0.246. The van der Waals surface area contributed by atoms with Crippen molar-refractivity contribution in [2.24, 2.45) is 5.73 Å². The molecule has 0 bridgehead atoms. The number of rotatable bonds is 4. The van der Waals surface area contributed by atoms with E-state index in [-0.39, 0.29) is 0 Å². The standard InChI is InChI=1S/C11H18N4O/c1-16-11-5-9(13-8-14-11)7-15-4-2-3-10(15)6-12/h5,8,10H,2-4,6-7,12H2,1H3. The fraction of sp³-hybridized carbons (Fsp3) is 0.636. The topological polar surface area (TPSA) is 64.3 Å². The van der Waals surface area contributed by atoms with Crippen LogP contribution in [0.1, 0.15) is 18.5 Å². The molecule has 0 radical (unpaired) electrons. The Kier molecular flexibility index (Phi) is 3.69. The van der Waals surface area contributed by atoms with Crippen LogP contribution in [-0.2, 0) is 6.54 Å². The van der Waals surface area contributed by atoms with Gasteiger partial charge in [0.2, 0.25) is 5.88 Å². The molecule has 1 fully saturated rings. The van der Waals surface area contributed by atoms with E-state index in [1.807, 2.05) is 6.07 Å². The molecular formula is C11H18N4O. The van der Waals surface area contributed by atoms with Gasteiger partial charge in [0.1, 0.15) is 6.33 Å². The van der Waals surface area contributed by atoms with Crippen LogP contribution in [0.15, 0.2) is 12.4 Å². The first-order valence-electron chi connectivity index (χ1n) is 5.62. The van der Waals surface area contributed by atoms with Crippen molar-refractivity contribution in [3.63, 3.8) is 0 Å². The van der Waals surface area contributed by atoms with E-state index in [0.29, 0.717) is 11.9 Å². The van der Waals surface area contributed by atoms with Crippen LogP contribution >= 0.6 is 0 Å². The van der Waals surface area contributed by atoms with Crippen molar-refractivity contribution in [1.29, 1.82) is 0 Å². The van der Waals surface area contributed by atoms with Gasteiger partial charge in [-0.05, 0) is 19.4 Å². The lowest BCUT2D eigenvalue weighted by Crippen LogP contribution is -2.35. The first-order valence-corrected chi connectivity index (χ1v) is 5.62. The minimum absolute atomic E-state index is 0.501. The largest absolute Gasteiger partial charge is 0.481 e. The molecule has 0 amide bonds. The second-order valence-electron chi connectivity index (χ2n) is 4.05. The van der Waals surface area contributed by atoms with Crippen molar-refractivity contribution in [3.8, 4) is 5.88 Å². The molecule has 0 aliphatic carbocycles. The smallest absolute Gasteiger partial charge is 0.216 e. The van der Waals surface area contributed by atoms with Gasteiger partial charge in [-0.25, -0.2) is 9.97 Å². The van der Waals surface area contributed by atoms with Crippen LogP contribution < -0.4 is 10.5 Å². The summed E-state index contributed by atoms with van der Waals surface area (Å²) in [6.45, 7) is 2.66. The lowest BCUT2D eigenvalue weighted by Gasteiger charge is -2.22. The zero-order chi connectivity index (χ0) is 11.4. The predicted octanol–water partition coefficient (Wildman–Crippen LogP) is 0.408. The maximum Gasteiger partial charge on any atom is 0.216 e. The van der Waals surface area contributed by atoms with Crippen molar-refractivity contribution in [1.82, 2.24) is 14.9 Å². The fourth-order valence-corrected chi connectivity index (χ4v) is 2.15. The third-order valence-electron chi connectivity index (χ3n) is 3.04.